The van der Waals surface area contributed by atoms with Crippen LogP contribution in [0.5, 0.6) is 5.75 Å². The molecule has 0 bridgehead atoms. The van der Waals surface area contributed by atoms with E-state index in [1.165, 1.54) is 0 Å². The lowest BCUT2D eigenvalue weighted by molar-refractivity contribution is -0.117. The summed E-state index contributed by atoms with van der Waals surface area (Å²) in [6, 6.07) is 9.88. The maximum Gasteiger partial charge on any atom is 0.407 e. The molecule has 0 atom stereocenters. The van der Waals surface area contributed by atoms with Crippen molar-refractivity contribution >= 4 is 50.7 Å². The number of pyridine rings is 1. The topological polar surface area (TPSA) is 113 Å². The molecule has 0 aliphatic carbocycles. The molecule has 0 radical (unpaired) electrons. The van der Waals surface area contributed by atoms with Crippen LogP contribution in [0.15, 0.2) is 52.7 Å². The Bertz CT molecular complexity index is 1630. The molecule has 2 N–H and O–H groups in total. The van der Waals surface area contributed by atoms with Gasteiger partial charge in [-0.05, 0) is 73.8 Å². The molecule has 1 fully saturated rings. The Morgan fingerprint density at radius 1 is 1.07 bits per heavy atom. The lowest BCUT2D eigenvalue weighted by Gasteiger charge is -2.34. The second kappa shape index (κ2) is 14.7. The van der Waals surface area contributed by atoms with Crippen molar-refractivity contribution in [2.24, 2.45) is 0 Å². The number of halogens is 1. The van der Waals surface area contributed by atoms with Crippen LogP contribution in [0.3, 0.4) is 0 Å². The number of piperazine rings is 1. The summed E-state index contributed by atoms with van der Waals surface area (Å²) in [7, 11) is 0. The van der Waals surface area contributed by atoms with Crippen LogP contribution in [0.2, 0.25) is 0 Å². The molecule has 1 aromatic carbocycles. The minimum Gasteiger partial charge on any atom is -0.493 e. The van der Waals surface area contributed by atoms with E-state index in [9.17, 15) is 9.59 Å². The van der Waals surface area contributed by atoms with Gasteiger partial charge in [0.15, 0.2) is 5.82 Å². The maximum atomic E-state index is 12.7. The molecule has 0 spiro atoms. The molecular weight excluding hydrogens is 658 g/mol. The zero-order chi connectivity index (χ0) is 32.0. The van der Waals surface area contributed by atoms with Gasteiger partial charge in [-0.2, -0.15) is 0 Å². The smallest absolute Gasteiger partial charge is 0.407 e. The van der Waals surface area contributed by atoms with Crippen molar-refractivity contribution in [1.29, 1.82) is 0 Å². The molecule has 240 valence electrons. The van der Waals surface area contributed by atoms with Gasteiger partial charge in [0.25, 0.3) is 0 Å². The molecule has 4 heterocycles. The molecule has 45 heavy (non-hydrogen) atoms. The van der Waals surface area contributed by atoms with E-state index in [4.69, 9.17) is 9.47 Å². The second-order valence-electron chi connectivity index (χ2n) is 12.1. The molecule has 1 aliphatic rings. The Morgan fingerprint density at radius 3 is 2.58 bits per heavy atom. The Hall–Kier alpha value is -3.52. The summed E-state index contributed by atoms with van der Waals surface area (Å²) in [5.74, 6) is 1.23. The van der Waals surface area contributed by atoms with E-state index in [0.29, 0.717) is 25.5 Å². The fourth-order valence-corrected chi connectivity index (χ4v) is 6.24. The van der Waals surface area contributed by atoms with Crippen molar-refractivity contribution in [3.8, 4) is 16.2 Å². The number of carbonyl (C=O) groups is 2. The summed E-state index contributed by atoms with van der Waals surface area (Å²) in [6.07, 6.45) is 4.12. The molecule has 0 saturated carbocycles. The number of carbonyl (C=O) groups excluding carboxylic acids is 2. The third kappa shape index (κ3) is 9.49. The molecule has 1 saturated heterocycles. The molecule has 1 aliphatic heterocycles. The second-order valence-corrected chi connectivity index (χ2v) is 13.8. The van der Waals surface area contributed by atoms with E-state index in [1.807, 2.05) is 80.3 Å². The number of alkyl carbamates (subject to hydrolysis) is 1. The van der Waals surface area contributed by atoms with Crippen LogP contribution in [0.4, 0.5) is 10.6 Å². The molecule has 13 heteroatoms. The number of aryl methyl sites for hydroxylation is 1. The number of fused-ring (bicyclic) bond motifs is 1. The van der Waals surface area contributed by atoms with Gasteiger partial charge in [-0.1, -0.05) is 12.1 Å². The Kier molecular flexibility index (Phi) is 10.7. The summed E-state index contributed by atoms with van der Waals surface area (Å²) in [6.45, 7) is 13.0. The van der Waals surface area contributed by atoms with E-state index >= 15 is 0 Å². The van der Waals surface area contributed by atoms with Crippen molar-refractivity contribution < 1.29 is 19.1 Å². The zero-order valence-electron chi connectivity index (χ0n) is 26.1. The predicted octanol–water partition coefficient (Wildman–Crippen LogP) is 5.58. The molecule has 11 nitrogen and oxygen atoms in total. The minimum absolute atomic E-state index is 0.0629. The average Bonchev–Trinajstić information content (AvgIpc) is 3.59. The molecule has 4 aromatic rings. The summed E-state index contributed by atoms with van der Waals surface area (Å²) < 4.78 is 14.5. The Balaban J connectivity index is 1.08. The summed E-state index contributed by atoms with van der Waals surface area (Å²) in [4.78, 5) is 39.5. The van der Waals surface area contributed by atoms with Crippen molar-refractivity contribution in [2.45, 2.75) is 46.3 Å². The zero-order valence-corrected chi connectivity index (χ0v) is 28.5. The fourth-order valence-electron chi connectivity index (χ4n) is 5.09. The number of hydrogen-bond acceptors (Lipinski definition) is 9. The monoisotopic (exact) mass is 697 g/mol. The first-order chi connectivity index (χ1) is 21.5. The molecule has 2 amide bonds. The first kappa shape index (κ1) is 32.9. The number of imidazole rings is 1. The molecule has 5 rings (SSSR count). The first-order valence-electron chi connectivity index (χ1n) is 15.0. The number of rotatable bonds is 11. The average molecular weight is 699 g/mol. The van der Waals surface area contributed by atoms with E-state index in [0.717, 1.165) is 76.7 Å². The number of hydrogen-bond donors (Lipinski definition) is 2. The highest BCUT2D eigenvalue weighted by atomic mass is 79.9. The lowest BCUT2D eigenvalue weighted by atomic mass is 10.1. The number of thiazole rings is 1. The van der Waals surface area contributed by atoms with E-state index in [1.54, 1.807) is 11.3 Å². The van der Waals surface area contributed by atoms with Gasteiger partial charge in [0.1, 0.15) is 17.0 Å². The number of ether oxygens (including phenoxy) is 2. The number of amides is 2. The van der Waals surface area contributed by atoms with Crippen LogP contribution in [0, 0.1) is 6.92 Å². The number of anilines is 1. The van der Waals surface area contributed by atoms with Crippen molar-refractivity contribution in [1.82, 2.24) is 29.5 Å². The normalized spacial score (nSPS) is 14.4. The quantitative estimate of drug-likeness (QED) is 0.196. The highest BCUT2D eigenvalue weighted by Gasteiger charge is 2.20. The molecule has 0 unspecified atom stereocenters. The van der Waals surface area contributed by atoms with Gasteiger partial charge in [-0.3, -0.25) is 9.69 Å². The van der Waals surface area contributed by atoms with Gasteiger partial charge in [-0.15, -0.1) is 11.3 Å². The van der Waals surface area contributed by atoms with Gasteiger partial charge in [-0.25, -0.2) is 14.8 Å². The Morgan fingerprint density at radius 2 is 1.84 bits per heavy atom. The highest BCUT2D eigenvalue weighted by molar-refractivity contribution is 9.10. The van der Waals surface area contributed by atoms with Gasteiger partial charge < -0.3 is 29.4 Å². The lowest BCUT2D eigenvalue weighted by Crippen LogP contribution is -2.48. The van der Waals surface area contributed by atoms with E-state index in [-0.39, 0.29) is 5.91 Å². The number of nitrogens with one attached hydrogen (secondary N) is 2. The first-order valence-corrected chi connectivity index (χ1v) is 16.7. The predicted molar refractivity (Wildman–Crippen MR) is 180 cm³/mol. The van der Waals surface area contributed by atoms with Crippen LogP contribution in [0.1, 0.15) is 38.4 Å². The summed E-state index contributed by atoms with van der Waals surface area (Å²) >= 11 is 5.05. The van der Waals surface area contributed by atoms with E-state index in [2.05, 4.69) is 46.3 Å². The van der Waals surface area contributed by atoms with Crippen LogP contribution in [-0.2, 0) is 16.1 Å². The van der Waals surface area contributed by atoms with Crippen molar-refractivity contribution in [2.75, 3.05) is 51.2 Å². The Labute approximate surface area is 276 Å². The van der Waals surface area contributed by atoms with Gasteiger partial charge in [0, 0.05) is 55.5 Å². The molecule has 3 aromatic heterocycles. The van der Waals surface area contributed by atoms with Crippen molar-refractivity contribution in [3.63, 3.8) is 0 Å². The van der Waals surface area contributed by atoms with E-state index < -0.39 is 11.7 Å². The van der Waals surface area contributed by atoms with Gasteiger partial charge in [0.05, 0.1) is 35.4 Å². The van der Waals surface area contributed by atoms with Crippen LogP contribution >= 0.6 is 27.3 Å². The highest BCUT2D eigenvalue weighted by Crippen LogP contribution is 2.32. The number of benzene rings is 1. The standard InChI is InChI=1S/C32H40BrN7O4S/c1-22-30(45-21-35-22)23-6-7-24(17-34-31(42)44-32(2,3)4)26(16-23)43-15-5-10-38-11-13-39(14-12-38)20-29(41)37-27-19-40-18-25(33)8-9-28(40)36-27/h6-9,16,18-19,21H,5,10-15,17,20H2,1-4H3,(H,34,42)(H,37,41). The van der Waals surface area contributed by atoms with Crippen LogP contribution in [0.25, 0.3) is 16.1 Å². The van der Waals surface area contributed by atoms with Crippen LogP contribution in [-0.4, -0.2) is 87.6 Å². The van der Waals surface area contributed by atoms with Crippen LogP contribution < -0.4 is 15.4 Å². The largest absolute Gasteiger partial charge is 0.493 e. The van der Waals surface area contributed by atoms with Crippen molar-refractivity contribution in [3.05, 3.63) is 64.0 Å². The third-order valence-electron chi connectivity index (χ3n) is 7.29. The third-order valence-corrected chi connectivity index (χ3v) is 8.73. The fraction of sp³-hybridized carbons (Fsp3) is 0.438. The van der Waals surface area contributed by atoms with Gasteiger partial charge in [0.2, 0.25) is 5.91 Å². The van der Waals surface area contributed by atoms with Gasteiger partial charge >= 0.3 is 6.09 Å². The summed E-state index contributed by atoms with van der Waals surface area (Å²) in [5.41, 5.74) is 4.96. The number of aromatic nitrogens is 3. The number of nitrogens with zero attached hydrogens (tertiary/aromatic N) is 5. The maximum absolute atomic E-state index is 12.7. The SMILES string of the molecule is Cc1ncsc1-c1ccc(CNC(=O)OC(C)(C)C)c(OCCCN2CCN(CC(=O)Nc3cn4cc(Br)ccc4n3)CC2)c1. The molecular formula is C32H40BrN7O4S. The minimum atomic E-state index is -0.567. The summed E-state index contributed by atoms with van der Waals surface area (Å²) in [5, 5.41) is 5.77.